The minimum absolute atomic E-state index is 0.278. The van der Waals surface area contributed by atoms with Crippen LogP contribution in [0, 0.1) is 0 Å². The van der Waals surface area contributed by atoms with E-state index in [1.54, 1.807) is 12.1 Å². The van der Waals surface area contributed by atoms with Crippen LogP contribution in [-0.2, 0) is 4.74 Å². The minimum Gasteiger partial charge on any atom is -0.465 e. The third-order valence-corrected chi connectivity index (χ3v) is 5.27. The van der Waals surface area contributed by atoms with E-state index < -0.39 is 12.6 Å². The second-order valence-electron chi connectivity index (χ2n) is 7.96. The molecule has 0 aliphatic heterocycles. The standard InChI is InChI=1S/C24H38F3NO2/c1-30-23(29)21-15-17-22(18-16-21)28-20-14-12-10-8-6-4-2-3-5-7-9-11-13-19-24(25,26)27/h15-18,28H,2-14,19-20H2,1H3. The van der Waals surface area contributed by atoms with Crippen LogP contribution in [0.4, 0.5) is 18.9 Å². The Hall–Kier alpha value is -1.72. The number of hydrogen-bond acceptors (Lipinski definition) is 3. The molecule has 0 atom stereocenters. The molecule has 0 aliphatic carbocycles. The first-order valence-electron chi connectivity index (χ1n) is 11.4. The highest BCUT2D eigenvalue weighted by molar-refractivity contribution is 5.89. The van der Waals surface area contributed by atoms with Gasteiger partial charge in [-0.25, -0.2) is 4.79 Å². The predicted octanol–water partition coefficient (Wildman–Crippen LogP) is 7.91. The van der Waals surface area contributed by atoms with Crippen molar-refractivity contribution in [3.8, 4) is 0 Å². The van der Waals surface area contributed by atoms with Crippen LogP contribution in [-0.4, -0.2) is 25.8 Å². The van der Waals surface area contributed by atoms with E-state index in [0.29, 0.717) is 12.0 Å². The highest BCUT2D eigenvalue weighted by Crippen LogP contribution is 2.23. The van der Waals surface area contributed by atoms with Crippen LogP contribution in [0.25, 0.3) is 0 Å². The van der Waals surface area contributed by atoms with Crippen molar-refractivity contribution in [1.29, 1.82) is 0 Å². The summed E-state index contributed by atoms with van der Waals surface area (Å²) in [5.41, 5.74) is 1.58. The number of benzene rings is 1. The number of nitrogens with one attached hydrogen (secondary N) is 1. The molecule has 1 N–H and O–H groups in total. The van der Waals surface area contributed by atoms with Gasteiger partial charge in [0.05, 0.1) is 12.7 Å². The van der Waals surface area contributed by atoms with Crippen molar-refractivity contribution in [3.63, 3.8) is 0 Å². The summed E-state index contributed by atoms with van der Waals surface area (Å²) in [5.74, 6) is -0.318. The highest BCUT2D eigenvalue weighted by Gasteiger charge is 2.25. The van der Waals surface area contributed by atoms with E-state index in [-0.39, 0.29) is 12.4 Å². The lowest BCUT2D eigenvalue weighted by Gasteiger charge is -2.07. The maximum absolute atomic E-state index is 12.0. The fourth-order valence-electron chi connectivity index (χ4n) is 3.47. The summed E-state index contributed by atoms with van der Waals surface area (Å²) in [6.45, 7) is 0.931. The number of carbonyl (C=O) groups excluding carboxylic acids is 1. The smallest absolute Gasteiger partial charge is 0.389 e. The number of hydrogen-bond donors (Lipinski definition) is 1. The van der Waals surface area contributed by atoms with Crippen LogP contribution in [0.5, 0.6) is 0 Å². The average molecular weight is 430 g/mol. The van der Waals surface area contributed by atoms with Gasteiger partial charge in [0, 0.05) is 18.7 Å². The van der Waals surface area contributed by atoms with E-state index in [1.807, 2.05) is 12.1 Å². The molecular formula is C24H38F3NO2. The van der Waals surface area contributed by atoms with Crippen molar-refractivity contribution in [1.82, 2.24) is 0 Å². The third-order valence-electron chi connectivity index (χ3n) is 5.27. The largest absolute Gasteiger partial charge is 0.465 e. The number of unbranched alkanes of at least 4 members (excludes halogenated alkanes) is 12. The number of carbonyl (C=O) groups is 1. The maximum atomic E-state index is 12.0. The summed E-state index contributed by atoms with van der Waals surface area (Å²) >= 11 is 0. The van der Waals surface area contributed by atoms with E-state index >= 15 is 0 Å². The molecule has 0 aromatic heterocycles. The number of ether oxygens (including phenoxy) is 1. The average Bonchev–Trinajstić information content (AvgIpc) is 2.72. The summed E-state index contributed by atoms with van der Waals surface area (Å²) in [4.78, 5) is 11.4. The van der Waals surface area contributed by atoms with Crippen molar-refractivity contribution in [2.45, 2.75) is 96.1 Å². The lowest BCUT2D eigenvalue weighted by Crippen LogP contribution is -2.06. The number of halogens is 3. The molecule has 3 nitrogen and oxygen atoms in total. The lowest BCUT2D eigenvalue weighted by molar-refractivity contribution is -0.135. The normalized spacial score (nSPS) is 11.5. The summed E-state index contributed by atoms with van der Waals surface area (Å²) in [6, 6.07) is 7.33. The molecule has 172 valence electrons. The zero-order chi connectivity index (χ0) is 22.1. The Balaban J connectivity index is 1.83. The van der Waals surface area contributed by atoms with Crippen LogP contribution < -0.4 is 5.32 Å². The van der Waals surface area contributed by atoms with Crippen molar-refractivity contribution >= 4 is 11.7 Å². The Labute approximate surface area is 179 Å². The summed E-state index contributed by atoms with van der Waals surface area (Å²) < 4.78 is 40.7. The molecule has 1 aromatic carbocycles. The minimum atomic E-state index is -3.99. The fourth-order valence-corrected chi connectivity index (χ4v) is 3.47. The molecule has 0 radical (unpaired) electrons. The van der Waals surface area contributed by atoms with Crippen LogP contribution in [0.1, 0.15) is 100 Å². The number of alkyl halides is 3. The molecular weight excluding hydrogens is 391 g/mol. The first-order chi connectivity index (χ1) is 14.4. The molecule has 0 unspecified atom stereocenters. The van der Waals surface area contributed by atoms with Crippen molar-refractivity contribution in [2.24, 2.45) is 0 Å². The number of rotatable bonds is 17. The molecule has 0 amide bonds. The summed E-state index contributed by atoms with van der Waals surface area (Å²) in [5, 5.41) is 3.37. The number of esters is 1. The van der Waals surface area contributed by atoms with E-state index in [0.717, 1.165) is 37.9 Å². The van der Waals surface area contributed by atoms with Crippen LogP contribution in [0.3, 0.4) is 0 Å². The highest BCUT2D eigenvalue weighted by atomic mass is 19.4. The Morgan fingerprint density at radius 3 is 1.63 bits per heavy atom. The molecule has 1 aromatic rings. The van der Waals surface area contributed by atoms with Gasteiger partial charge in [-0.2, -0.15) is 13.2 Å². The second-order valence-corrected chi connectivity index (χ2v) is 7.96. The van der Waals surface area contributed by atoms with Crippen molar-refractivity contribution in [3.05, 3.63) is 29.8 Å². The van der Waals surface area contributed by atoms with Gasteiger partial charge in [0.2, 0.25) is 0 Å². The van der Waals surface area contributed by atoms with Crippen molar-refractivity contribution < 1.29 is 22.7 Å². The molecule has 0 spiro atoms. The Bertz CT molecular complexity index is 559. The maximum Gasteiger partial charge on any atom is 0.389 e. The van der Waals surface area contributed by atoms with Gasteiger partial charge in [0.1, 0.15) is 0 Å². The topological polar surface area (TPSA) is 38.3 Å². The van der Waals surface area contributed by atoms with Gasteiger partial charge in [0.25, 0.3) is 0 Å². The van der Waals surface area contributed by atoms with E-state index in [1.165, 1.54) is 52.1 Å². The van der Waals surface area contributed by atoms with Gasteiger partial charge in [-0.1, -0.05) is 70.6 Å². The summed E-state index contributed by atoms with van der Waals surface area (Å²) in [7, 11) is 1.38. The SMILES string of the molecule is COC(=O)c1ccc(NCCCCCCCCCCCCCCCC(F)(F)F)cc1. The second kappa shape index (κ2) is 16.0. The van der Waals surface area contributed by atoms with Crippen LogP contribution >= 0.6 is 0 Å². The van der Waals surface area contributed by atoms with Crippen LogP contribution in [0.2, 0.25) is 0 Å². The molecule has 1 rings (SSSR count). The van der Waals surface area contributed by atoms with Gasteiger partial charge in [-0.3, -0.25) is 0 Å². The van der Waals surface area contributed by atoms with Gasteiger partial charge < -0.3 is 10.1 Å². The van der Waals surface area contributed by atoms with Crippen LogP contribution in [0.15, 0.2) is 24.3 Å². The van der Waals surface area contributed by atoms with E-state index in [2.05, 4.69) is 10.1 Å². The fraction of sp³-hybridized carbons (Fsp3) is 0.708. The number of anilines is 1. The molecule has 6 heteroatoms. The molecule has 0 bridgehead atoms. The first kappa shape index (κ1) is 26.3. The molecule has 0 saturated heterocycles. The summed E-state index contributed by atoms with van der Waals surface area (Å²) in [6.07, 6.45) is 9.35. The lowest BCUT2D eigenvalue weighted by atomic mass is 10.0. The van der Waals surface area contributed by atoms with E-state index in [9.17, 15) is 18.0 Å². The monoisotopic (exact) mass is 429 g/mol. The molecule has 0 aliphatic rings. The molecule has 0 heterocycles. The first-order valence-corrected chi connectivity index (χ1v) is 11.4. The van der Waals surface area contributed by atoms with Gasteiger partial charge in [-0.05, 0) is 37.1 Å². The Morgan fingerprint density at radius 1 is 0.767 bits per heavy atom. The Morgan fingerprint density at radius 2 is 1.20 bits per heavy atom. The Kier molecular flexibility index (Phi) is 14.1. The zero-order valence-electron chi connectivity index (χ0n) is 18.4. The van der Waals surface area contributed by atoms with Gasteiger partial charge in [-0.15, -0.1) is 0 Å². The third kappa shape index (κ3) is 14.3. The van der Waals surface area contributed by atoms with Gasteiger partial charge in [0.15, 0.2) is 0 Å². The van der Waals surface area contributed by atoms with Crippen molar-refractivity contribution in [2.75, 3.05) is 19.0 Å². The quantitative estimate of drug-likeness (QED) is 0.202. The number of methoxy groups -OCH3 is 1. The molecule has 30 heavy (non-hydrogen) atoms. The van der Waals surface area contributed by atoms with E-state index in [4.69, 9.17) is 0 Å². The predicted molar refractivity (Wildman–Crippen MR) is 117 cm³/mol. The molecule has 0 saturated carbocycles. The zero-order valence-corrected chi connectivity index (χ0v) is 18.4. The molecule has 0 fully saturated rings. The van der Waals surface area contributed by atoms with Gasteiger partial charge >= 0.3 is 12.1 Å².